The van der Waals surface area contributed by atoms with Gasteiger partial charge in [0.2, 0.25) is 0 Å². The number of phenolic OH excluding ortho intramolecular Hbond substituents is 1. The van der Waals surface area contributed by atoms with E-state index in [2.05, 4.69) is 6.07 Å². The Hall–Kier alpha value is -2.51. The van der Waals surface area contributed by atoms with Gasteiger partial charge in [-0.2, -0.15) is 5.26 Å². The summed E-state index contributed by atoms with van der Waals surface area (Å²) in [5, 5.41) is 18.9. The third kappa shape index (κ3) is 2.84. The fourth-order valence-corrected chi connectivity index (χ4v) is 1.81. The zero-order valence-electron chi connectivity index (χ0n) is 10.3. The van der Waals surface area contributed by atoms with E-state index in [1.807, 2.05) is 6.07 Å². The highest BCUT2D eigenvalue weighted by atomic mass is 16.5. The molecule has 19 heavy (non-hydrogen) atoms. The van der Waals surface area contributed by atoms with E-state index in [1.54, 1.807) is 36.4 Å². The molecule has 3 N–H and O–H groups in total. The first-order valence-corrected chi connectivity index (χ1v) is 5.91. The van der Waals surface area contributed by atoms with Crippen LogP contribution in [0.15, 0.2) is 42.5 Å². The molecule has 0 aliphatic carbocycles. The Morgan fingerprint density at radius 2 is 1.95 bits per heavy atom. The van der Waals surface area contributed by atoms with Gasteiger partial charge in [0, 0.05) is 17.7 Å². The van der Waals surface area contributed by atoms with Crippen LogP contribution in [0.2, 0.25) is 0 Å². The molecule has 2 rings (SSSR count). The second-order valence-corrected chi connectivity index (χ2v) is 3.98. The number of ether oxygens (including phenoxy) is 1. The van der Waals surface area contributed by atoms with Gasteiger partial charge in [0.1, 0.15) is 18.1 Å². The summed E-state index contributed by atoms with van der Waals surface area (Å²) in [6.07, 6.45) is 0. The van der Waals surface area contributed by atoms with Crippen molar-refractivity contribution in [2.75, 3.05) is 13.2 Å². The summed E-state index contributed by atoms with van der Waals surface area (Å²) in [7, 11) is 0. The van der Waals surface area contributed by atoms with Crippen LogP contribution in [0.25, 0.3) is 11.1 Å². The van der Waals surface area contributed by atoms with Gasteiger partial charge in [0.15, 0.2) is 0 Å². The van der Waals surface area contributed by atoms with Crippen LogP contribution in [0.3, 0.4) is 0 Å². The van der Waals surface area contributed by atoms with Crippen molar-refractivity contribution in [3.8, 4) is 28.7 Å². The zero-order valence-corrected chi connectivity index (χ0v) is 10.3. The highest BCUT2D eigenvalue weighted by Gasteiger charge is 2.11. The number of phenols is 1. The molecule has 0 radical (unpaired) electrons. The molecule has 0 spiro atoms. The second-order valence-electron chi connectivity index (χ2n) is 3.98. The second kappa shape index (κ2) is 5.89. The lowest BCUT2D eigenvalue weighted by Crippen LogP contribution is -2.11. The Balaban J connectivity index is 2.53. The lowest BCUT2D eigenvalue weighted by atomic mass is 10.0. The van der Waals surface area contributed by atoms with Crippen molar-refractivity contribution in [1.29, 1.82) is 5.26 Å². The minimum atomic E-state index is 0.148. The largest absolute Gasteiger partial charge is 0.507 e. The smallest absolute Gasteiger partial charge is 0.127 e. The molecule has 0 aromatic heterocycles. The van der Waals surface area contributed by atoms with Crippen LogP contribution in [-0.4, -0.2) is 18.3 Å². The summed E-state index contributed by atoms with van der Waals surface area (Å²) in [5.74, 6) is 0.751. The van der Waals surface area contributed by atoms with E-state index < -0.39 is 0 Å². The molecule has 0 saturated heterocycles. The topological polar surface area (TPSA) is 79.3 Å². The van der Waals surface area contributed by atoms with Crippen LogP contribution in [0.5, 0.6) is 11.5 Å². The predicted octanol–water partition coefficient (Wildman–Crippen LogP) is 2.27. The van der Waals surface area contributed by atoms with Crippen LogP contribution in [0.4, 0.5) is 0 Å². The molecular formula is C15H14N2O2. The van der Waals surface area contributed by atoms with Gasteiger partial charge >= 0.3 is 0 Å². The third-order valence-electron chi connectivity index (χ3n) is 2.68. The van der Waals surface area contributed by atoms with Gasteiger partial charge in [-0.15, -0.1) is 0 Å². The van der Waals surface area contributed by atoms with Crippen LogP contribution in [0, 0.1) is 11.3 Å². The third-order valence-corrected chi connectivity index (χ3v) is 2.68. The number of hydrogen-bond acceptors (Lipinski definition) is 4. The van der Waals surface area contributed by atoms with Crippen LogP contribution in [0.1, 0.15) is 5.56 Å². The molecule has 96 valence electrons. The van der Waals surface area contributed by atoms with Crippen LogP contribution >= 0.6 is 0 Å². The summed E-state index contributed by atoms with van der Waals surface area (Å²) in [6.45, 7) is 0.784. The monoisotopic (exact) mass is 254 g/mol. The van der Waals surface area contributed by atoms with Gasteiger partial charge in [-0.05, 0) is 24.3 Å². The summed E-state index contributed by atoms with van der Waals surface area (Å²) in [4.78, 5) is 0. The standard InChI is InChI=1S/C15H14N2O2/c16-7-8-19-15-6-5-11(10-17)9-13(15)12-3-1-2-4-14(12)18/h1-6,9,18H,7-8,16H2. The van der Waals surface area contributed by atoms with Crippen molar-refractivity contribution in [3.63, 3.8) is 0 Å². The molecule has 0 aliphatic rings. The first-order valence-electron chi connectivity index (χ1n) is 5.91. The van der Waals surface area contributed by atoms with Crippen molar-refractivity contribution < 1.29 is 9.84 Å². The zero-order chi connectivity index (χ0) is 13.7. The lowest BCUT2D eigenvalue weighted by Gasteiger charge is -2.12. The highest BCUT2D eigenvalue weighted by Crippen LogP contribution is 2.36. The molecule has 0 heterocycles. The predicted molar refractivity (Wildman–Crippen MR) is 72.8 cm³/mol. The lowest BCUT2D eigenvalue weighted by molar-refractivity contribution is 0.329. The van der Waals surface area contributed by atoms with Crippen LogP contribution < -0.4 is 10.5 Å². The Bertz CT molecular complexity index is 618. The van der Waals surface area contributed by atoms with E-state index >= 15 is 0 Å². The maximum atomic E-state index is 9.91. The Morgan fingerprint density at radius 3 is 2.63 bits per heavy atom. The van der Waals surface area contributed by atoms with Crippen molar-refractivity contribution in [3.05, 3.63) is 48.0 Å². The van der Waals surface area contributed by atoms with E-state index in [0.717, 1.165) is 0 Å². The maximum absolute atomic E-state index is 9.91. The number of nitrogens with zero attached hydrogens (tertiary/aromatic N) is 1. The number of aromatic hydroxyl groups is 1. The average molecular weight is 254 g/mol. The highest BCUT2D eigenvalue weighted by molar-refractivity contribution is 5.76. The van der Waals surface area contributed by atoms with Gasteiger partial charge in [-0.1, -0.05) is 18.2 Å². The molecule has 0 unspecified atom stereocenters. The van der Waals surface area contributed by atoms with E-state index in [-0.39, 0.29) is 5.75 Å². The summed E-state index contributed by atoms with van der Waals surface area (Å²) < 4.78 is 5.55. The molecule has 4 heteroatoms. The average Bonchev–Trinajstić information content (AvgIpc) is 2.45. The Labute approximate surface area is 111 Å². The number of nitrogens with two attached hydrogens (primary N) is 1. The van der Waals surface area contributed by atoms with E-state index in [0.29, 0.717) is 35.6 Å². The van der Waals surface area contributed by atoms with Crippen molar-refractivity contribution >= 4 is 0 Å². The molecule has 2 aromatic rings. The quantitative estimate of drug-likeness (QED) is 0.877. The number of nitriles is 1. The fourth-order valence-electron chi connectivity index (χ4n) is 1.81. The molecular weight excluding hydrogens is 240 g/mol. The van der Waals surface area contributed by atoms with Crippen LogP contribution in [-0.2, 0) is 0 Å². The number of para-hydroxylation sites is 1. The van der Waals surface area contributed by atoms with E-state index in [4.69, 9.17) is 15.7 Å². The Kier molecular flexibility index (Phi) is 4.01. The fraction of sp³-hybridized carbons (Fsp3) is 0.133. The van der Waals surface area contributed by atoms with Crippen molar-refractivity contribution in [2.24, 2.45) is 5.73 Å². The Morgan fingerprint density at radius 1 is 1.16 bits per heavy atom. The molecule has 0 amide bonds. The molecule has 0 fully saturated rings. The van der Waals surface area contributed by atoms with Gasteiger partial charge < -0.3 is 15.6 Å². The van der Waals surface area contributed by atoms with E-state index in [9.17, 15) is 5.11 Å². The minimum absolute atomic E-state index is 0.148. The van der Waals surface area contributed by atoms with Gasteiger partial charge in [0.05, 0.1) is 11.6 Å². The number of rotatable bonds is 4. The number of benzene rings is 2. The van der Waals surface area contributed by atoms with Gasteiger partial charge in [0.25, 0.3) is 0 Å². The number of hydrogen-bond donors (Lipinski definition) is 2. The normalized spacial score (nSPS) is 9.89. The summed E-state index contributed by atoms with van der Waals surface area (Å²) in [5.41, 5.74) is 7.25. The van der Waals surface area contributed by atoms with Crippen molar-refractivity contribution in [2.45, 2.75) is 0 Å². The van der Waals surface area contributed by atoms with Crippen molar-refractivity contribution in [1.82, 2.24) is 0 Å². The first kappa shape index (κ1) is 12.9. The molecule has 0 bridgehead atoms. The SMILES string of the molecule is N#Cc1ccc(OCCN)c(-c2ccccc2O)c1. The first-order chi connectivity index (χ1) is 9.26. The maximum Gasteiger partial charge on any atom is 0.127 e. The molecule has 0 saturated carbocycles. The van der Waals surface area contributed by atoms with Gasteiger partial charge in [-0.3, -0.25) is 0 Å². The molecule has 0 atom stereocenters. The summed E-state index contributed by atoms with van der Waals surface area (Å²) >= 11 is 0. The summed E-state index contributed by atoms with van der Waals surface area (Å²) in [6, 6.07) is 14.1. The molecule has 2 aromatic carbocycles. The van der Waals surface area contributed by atoms with E-state index in [1.165, 1.54) is 0 Å². The molecule has 4 nitrogen and oxygen atoms in total. The van der Waals surface area contributed by atoms with Gasteiger partial charge in [-0.25, -0.2) is 0 Å². The minimum Gasteiger partial charge on any atom is -0.507 e. The molecule has 0 aliphatic heterocycles.